The number of non-ortho nitro benzene ring substituents is 1. The molecule has 0 aliphatic carbocycles. The van der Waals surface area contributed by atoms with Gasteiger partial charge >= 0.3 is 0 Å². The first-order valence-corrected chi connectivity index (χ1v) is 8.39. The Bertz CT molecular complexity index is 946. The van der Waals surface area contributed by atoms with Crippen LogP contribution >= 0.6 is 0 Å². The molecule has 0 saturated carbocycles. The molecule has 0 bridgehead atoms. The van der Waals surface area contributed by atoms with Gasteiger partial charge in [0.2, 0.25) is 0 Å². The summed E-state index contributed by atoms with van der Waals surface area (Å²) in [7, 11) is 0. The highest BCUT2D eigenvalue weighted by atomic mass is 16.6. The third-order valence-electron chi connectivity index (χ3n) is 4.74. The lowest BCUT2D eigenvalue weighted by molar-refractivity contribution is -0.918. The number of hydrogen-bond donors (Lipinski definition) is 1. The number of aromatic nitrogens is 2. The van der Waals surface area contributed by atoms with E-state index in [9.17, 15) is 10.1 Å². The summed E-state index contributed by atoms with van der Waals surface area (Å²) in [5.74, 6) is 0. The van der Waals surface area contributed by atoms with Gasteiger partial charge in [0.1, 0.15) is 0 Å². The number of fused-ring (bicyclic) bond motifs is 1. The van der Waals surface area contributed by atoms with Crippen LogP contribution in [0.25, 0.3) is 16.5 Å². The van der Waals surface area contributed by atoms with Crippen LogP contribution in [-0.4, -0.2) is 27.8 Å². The number of rotatable bonds is 4. The van der Waals surface area contributed by atoms with Crippen molar-refractivity contribution in [2.75, 3.05) is 13.1 Å². The molecule has 0 fully saturated rings. The minimum Gasteiger partial charge on any atom is -0.313 e. The zero-order chi connectivity index (χ0) is 17.2. The lowest BCUT2D eigenvalue weighted by Crippen LogP contribution is -3.11. The molecule has 0 spiro atoms. The fraction of sp³-hybridized carbons (Fsp3) is 0.211. The molecule has 0 radical (unpaired) electrons. The van der Waals surface area contributed by atoms with Gasteiger partial charge < -0.3 is 4.90 Å². The normalized spacial score (nSPS) is 17.4. The summed E-state index contributed by atoms with van der Waals surface area (Å²) in [5.41, 5.74) is 3.61. The first-order valence-electron chi connectivity index (χ1n) is 8.39. The van der Waals surface area contributed by atoms with Crippen molar-refractivity contribution in [1.82, 2.24) is 9.78 Å². The highest BCUT2D eigenvalue weighted by Gasteiger charge is 2.18. The second-order valence-electron chi connectivity index (χ2n) is 6.35. The zero-order valence-corrected chi connectivity index (χ0v) is 13.8. The molecule has 3 aromatic rings. The predicted molar refractivity (Wildman–Crippen MR) is 96.1 cm³/mol. The fourth-order valence-corrected chi connectivity index (χ4v) is 3.35. The molecular formula is C19H19N4O2+. The Morgan fingerprint density at radius 2 is 2.04 bits per heavy atom. The number of benzene rings is 2. The van der Waals surface area contributed by atoms with Gasteiger partial charge in [-0.2, -0.15) is 5.10 Å². The number of nitrogens with one attached hydrogen (secondary N) is 1. The Morgan fingerprint density at radius 1 is 1.20 bits per heavy atom. The van der Waals surface area contributed by atoms with E-state index < -0.39 is 0 Å². The van der Waals surface area contributed by atoms with Crippen LogP contribution in [-0.2, 0) is 6.67 Å². The van der Waals surface area contributed by atoms with E-state index in [2.05, 4.69) is 35.4 Å². The van der Waals surface area contributed by atoms with Gasteiger partial charge in [-0.25, -0.2) is 4.68 Å². The quantitative estimate of drug-likeness (QED) is 0.587. The van der Waals surface area contributed by atoms with Crippen LogP contribution in [0.1, 0.15) is 12.0 Å². The van der Waals surface area contributed by atoms with Gasteiger partial charge in [0.05, 0.1) is 29.7 Å². The Morgan fingerprint density at radius 3 is 2.76 bits per heavy atom. The Hall–Kier alpha value is -2.99. The third-order valence-corrected chi connectivity index (χ3v) is 4.74. The third kappa shape index (κ3) is 3.16. The Balaban J connectivity index is 1.52. The SMILES string of the molecule is O=[N+]([O-])c1ccc2cnn(C[NH+]3CC=C(c4ccccc4)CC3)c2c1. The van der Waals surface area contributed by atoms with Gasteiger partial charge in [0.15, 0.2) is 6.67 Å². The van der Waals surface area contributed by atoms with Crippen LogP contribution < -0.4 is 4.90 Å². The number of nitro benzene ring substituents is 1. The molecule has 4 rings (SSSR count). The molecule has 1 aliphatic heterocycles. The van der Waals surface area contributed by atoms with Crippen LogP contribution in [0.15, 0.2) is 60.8 Å². The molecule has 0 saturated heterocycles. The van der Waals surface area contributed by atoms with Gasteiger partial charge in [0.25, 0.3) is 5.69 Å². The number of nitro groups is 1. The molecule has 2 heterocycles. The molecule has 25 heavy (non-hydrogen) atoms. The lowest BCUT2D eigenvalue weighted by Gasteiger charge is -2.23. The average molecular weight is 335 g/mol. The average Bonchev–Trinajstić information content (AvgIpc) is 3.05. The molecule has 6 nitrogen and oxygen atoms in total. The van der Waals surface area contributed by atoms with E-state index in [1.807, 2.05) is 10.7 Å². The summed E-state index contributed by atoms with van der Waals surface area (Å²) in [6.45, 7) is 2.67. The van der Waals surface area contributed by atoms with Crippen molar-refractivity contribution in [3.8, 4) is 0 Å². The van der Waals surface area contributed by atoms with Gasteiger partial charge in [-0.05, 0) is 23.3 Å². The number of hydrogen-bond acceptors (Lipinski definition) is 3. The van der Waals surface area contributed by atoms with Crippen LogP contribution in [0.5, 0.6) is 0 Å². The minimum absolute atomic E-state index is 0.106. The molecule has 1 aromatic heterocycles. The van der Waals surface area contributed by atoms with E-state index in [0.717, 1.165) is 30.4 Å². The standard InChI is InChI=1S/C19H18N4O2/c24-23(25)18-7-6-17-13-20-22(19(17)12-18)14-21-10-8-16(9-11-21)15-4-2-1-3-5-15/h1-8,12-13H,9-11,14H2/p+1. The van der Waals surface area contributed by atoms with Crippen LogP contribution in [0.3, 0.4) is 0 Å². The summed E-state index contributed by atoms with van der Waals surface area (Å²) in [5, 5.41) is 16.4. The molecule has 6 heteroatoms. The molecule has 1 unspecified atom stereocenters. The Labute approximate surface area is 145 Å². The largest absolute Gasteiger partial charge is 0.313 e. The second-order valence-corrected chi connectivity index (χ2v) is 6.35. The predicted octanol–water partition coefficient (Wildman–Crippen LogP) is 2.27. The van der Waals surface area contributed by atoms with Gasteiger partial charge in [-0.15, -0.1) is 0 Å². The topological polar surface area (TPSA) is 65.4 Å². The van der Waals surface area contributed by atoms with E-state index in [4.69, 9.17) is 0 Å². The first-order chi connectivity index (χ1) is 12.2. The van der Waals surface area contributed by atoms with Crippen molar-refractivity contribution in [2.45, 2.75) is 13.1 Å². The van der Waals surface area contributed by atoms with Crippen molar-refractivity contribution in [3.63, 3.8) is 0 Å². The van der Waals surface area contributed by atoms with E-state index in [1.54, 1.807) is 18.3 Å². The van der Waals surface area contributed by atoms with Crippen molar-refractivity contribution >= 4 is 22.2 Å². The first kappa shape index (κ1) is 15.5. The van der Waals surface area contributed by atoms with Crippen LogP contribution in [0, 0.1) is 10.1 Å². The summed E-state index contributed by atoms with van der Waals surface area (Å²) >= 11 is 0. The van der Waals surface area contributed by atoms with Gasteiger partial charge in [0, 0.05) is 23.9 Å². The number of nitrogens with zero attached hydrogens (tertiary/aromatic N) is 3. The summed E-state index contributed by atoms with van der Waals surface area (Å²) in [4.78, 5) is 12.0. The summed E-state index contributed by atoms with van der Waals surface area (Å²) in [6.07, 6.45) is 5.09. The van der Waals surface area contributed by atoms with Gasteiger partial charge in [-0.3, -0.25) is 10.1 Å². The molecular weight excluding hydrogens is 316 g/mol. The van der Waals surface area contributed by atoms with Crippen molar-refractivity contribution in [1.29, 1.82) is 0 Å². The van der Waals surface area contributed by atoms with E-state index in [0.29, 0.717) is 6.67 Å². The highest BCUT2D eigenvalue weighted by Crippen LogP contribution is 2.20. The lowest BCUT2D eigenvalue weighted by atomic mass is 10.00. The van der Waals surface area contributed by atoms with Crippen LogP contribution in [0.4, 0.5) is 5.69 Å². The minimum atomic E-state index is -0.362. The molecule has 1 atom stereocenters. The molecule has 0 amide bonds. The molecule has 1 aliphatic rings. The van der Waals surface area contributed by atoms with Gasteiger partial charge in [-0.1, -0.05) is 30.3 Å². The maximum Gasteiger partial charge on any atom is 0.271 e. The summed E-state index contributed by atoms with van der Waals surface area (Å²) < 4.78 is 1.87. The maximum absolute atomic E-state index is 11.0. The van der Waals surface area contributed by atoms with E-state index >= 15 is 0 Å². The molecule has 1 N–H and O–H groups in total. The Kier molecular flexibility index (Phi) is 4.03. The van der Waals surface area contributed by atoms with Crippen molar-refractivity contribution in [3.05, 3.63) is 76.5 Å². The van der Waals surface area contributed by atoms with Crippen LogP contribution in [0.2, 0.25) is 0 Å². The monoisotopic (exact) mass is 335 g/mol. The van der Waals surface area contributed by atoms with E-state index in [-0.39, 0.29) is 10.6 Å². The fourth-order valence-electron chi connectivity index (χ4n) is 3.35. The smallest absolute Gasteiger partial charge is 0.271 e. The van der Waals surface area contributed by atoms with E-state index in [1.165, 1.54) is 22.1 Å². The molecule has 126 valence electrons. The number of quaternary nitrogens is 1. The van der Waals surface area contributed by atoms with Crippen molar-refractivity contribution < 1.29 is 9.82 Å². The highest BCUT2D eigenvalue weighted by molar-refractivity contribution is 5.80. The van der Waals surface area contributed by atoms with Crippen molar-refractivity contribution in [2.24, 2.45) is 0 Å². The summed E-state index contributed by atoms with van der Waals surface area (Å²) in [6, 6.07) is 15.4. The second kappa shape index (κ2) is 6.49. The molecule has 2 aromatic carbocycles. The maximum atomic E-state index is 11.0. The zero-order valence-electron chi connectivity index (χ0n) is 13.8.